The maximum Gasteiger partial charge on any atom is 0.227 e. The van der Waals surface area contributed by atoms with E-state index in [1.165, 1.54) is 18.2 Å². The SMILES string of the molecule is O=C(CCC(=O)N1CCSc2ccccc21)Nc1ccc(F)c(Cl)c1. The molecular formula is C18H16ClFN2O2S. The van der Waals surface area contributed by atoms with E-state index >= 15 is 0 Å². The van der Waals surface area contributed by atoms with Crippen LogP contribution in [0.25, 0.3) is 0 Å². The highest BCUT2D eigenvalue weighted by molar-refractivity contribution is 7.99. The molecule has 0 saturated carbocycles. The van der Waals surface area contributed by atoms with E-state index in [1.807, 2.05) is 24.3 Å². The molecule has 130 valence electrons. The Hall–Kier alpha value is -2.05. The van der Waals surface area contributed by atoms with Crippen LogP contribution in [-0.4, -0.2) is 24.1 Å². The van der Waals surface area contributed by atoms with Crippen molar-refractivity contribution in [1.29, 1.82) is 0 Å². The molecule has 0 spiro atoms. The Morgan fingerprint density at radius 1 is 1.20 bits per heavy atom. The molecule has 2 aromatic rings. The van der Waals surface area contributed by atoms with E-state index in [9.17, 15) is 14.0 Å². The average Bonchev–Trinajstić information content (AvgIpc) is 2.62. The van der Waals surface area contributed by atoms with Gasteiger partial charge in [-0.1, -0.05) is 23.7 Å². The van der Waals surface area contributed by atoms with E-state index in [0.717, 1.165) is 16.3 Å². The number of carbonyl (C=O) groups is 2. The first-order valence-electron chi connectivity index (χ1n) is 7.81. The van der Waals surface area contributed by atoms with Crippen LogP contribution < -0.4 is 10.2 Å². The number of nitrogens with one attached hydrogen (secondary N) is 1. The summed E-state index contributed by atoms with van der Waals surface area (Å²) >= 11 is 7.41. The molecule has 0 bridgehead atoms. The number of amides is 2. The van der Waals surface area contributed by atoms with E-state index in [4.69, 9.17) is 11.6 Å². The zero-order valence-corrected chi connectivity index (χ0v) is 14.9. The number of thioether (sulfide) groups is 1. The first kappa shape index (κ1) is 17.8. The summed E-state index contributed by atoms with van der Waals surface area (Å²) in [5.41, 5.74) is 1.30. The van der Waals surface area contributed by atoms with Crippen LogP contribution in [0, 0.1) is 5.82 Å². The lowest BCUT2D eigenvalue weighted by molar-refractivity contribution is -0.122. The van der Waals surface area contributed by atoms with Crippen LogP contribution in [0.15, 0.2) is 47.4 Å². The Labute approximate surface area is 154 Å². The fourth-order valence-electron chi connectivity index (χ4n) is 2.58. The summed E-state index contributed by atoms with van der Waals surface area (Å²) in [4.78, 5) is 27.3. The van der Waals surface area contributed by atoms with Crippen LogP contribution in [0.4, 0.5) is 15.8 Å². The van der Waals surface area contributed by atoms with Gasteiger partial charge < -0.3 is 10.2 Å². The number of anilines is 2. The second kappa shape index (κ2) is 7.89. The zero-order chi connectivity index (χ0) is 17.8. The van der Waals surface area contributed by atoms with Gasteiger partial charge in [0.25, 0.3) is 0 Å². The molecule has 0 saturated heterocycles. The van der Waals surface area contributed by atoms with Crippen LogP contribution in [0.5, 0.6) is 0 Å². The van der Waals surface area contributed by atoms with Crippen molar-refractivity contribution < 1.29 is 14.0 Å². The number of rotatable bonds is 4. The number of nitrogens with zero attached hydrogens (tertiary/aromatic N) is 1. The highest BCUT2D eigenvalue weighted by atomic mass is 35.5. The second-order valence-corrected chi connectivity index (χ2v) is 7.08. The van der Waals surface area contributed by atoms with Gasteiger partial charge in [-0.15, -0.1) is 11.8 Å². The summed E-state index contributed by atoms with van der Waals surface area (Å²) in [7, 11) is 0. The zero-order valence-electron chi connectivity index (χ0n) is 13.3. The lowest BCUT2D eigenvalue weighted by atomic mass is 10.2. The van der Waals surface area contributed by atoms with E-state index in [2.05, 4.69) is 5.32 Å². The Kier molecular flexibility index (Phi) is 5.60. The third-order valence-corrected chi connectivity index (χ3v) is 5.13. The maximum atomic E-state index is 13.1. The highest BCUT2D eigenvalue weighted by Crippen LogP contribution is 2.34. The predicted octanol–water partition coefficient (Wildman–Crippen LogP) is 4.34. The average molecular weight is 379 g/mol. The van der Waals surface area contributed by atoms with Crippen molar-refractivity contribution in [2.45, 2.75) is 17.7 Å². The van der Waals surface area contributed by atoms with Crippen molar-refractivity contribution in [2.24, 2.45) is 0 Å². The van der Waals surface area contributed by atoms with Crippen molar-refractivity contribution in [2.75, 3.05) is 22.5 Å². The molecule has 3 rings (SSSR count). The minimum Gasteiger partial charge on any atom is -0.326 e. The van der Waals surface area contributed by atoms with Gasteiger partial charge in [-0.25, -0.2) is 4.39 Å². The number of carbonyl (C=O) groups excluding carboxylic acids is 2. The van der Waals surface area contributed by atoms with Crippen LogP contribution in [0.1, 0.15) is 12.8 Å². The molecular weight excluding hydrogens is 363 g/mol. The summed E-state index contributed by atoms with van der Waals surface area (Å²) in [6, 6.07) is 11.7. The Balaban J connectivity index is 1.57. The molecule has 0 fully saturated rings. The number of para-hydroxylation sites is 1. The summed E-state index contributed by atoms with van der Waals surface area (Å²) < 4.78 is 13.1. The lowest BCUT2D eigenvalue weighted by Gasteiger charge is -2.29. The van der Waals surface area contributed by atoms with Gasteiger partial charge in [0, 0.05) is 35.7 Å². The number of hydrogen-bond acceptors (Lipinski definition) is 3. The Morgan fingerprint density at radius 3 is 2.80 bits per heavy atom. The Bertz CT molecular complexity index is 815. The number of benzene rings is 2. The first-order valence-corrected chi connectivity index (χ1v) is 9.18. The van der Waals surface area contributed by atoms with Gasteiger partial charge in [0.1, 0.15) is 5.82 Å². The van der Waals surface area contributed by atoms with Crippen LogP contribution in [0.2, 0.25) is 5.02 Å². The van der Waals surface area contributed by atoms with Gasteiger partial charge in [0.2, 0.25) is 11.8 Å². The summed E-state index contributed by atoms with van der Waals surface area (Å²) in [6.45, 7) is 0.635. The molecule has 7 heteroatoms. The first-order chi connectivity index (χ1) is 12.0. The van der Waals surface area contributed by atoms with Gasteiger partial charge in [-0.3, -0.25) is 9.59 Å². The summed E-state index contributed by atoms with van der Waals surface area (Å²) in [6.07, 6.45) is 0.166. The molecule has 25 heavy (non-hydrogen) atoms. The van der Waals surface area contributed by atoms with Crippen molar-refractivity contribution in [3.8, 4) is 0 Å². The van der Waals surface area contributed by atoms with E-state index in [1.54, 1.807) is 16.7 Å². The monoisotopic (exact) mass is 378 g/mol. The normalized spacial score (nSPS) is 13.3. The van der Waals surface area contributed by atoms with Gasteiger partial charge in [-0.2, -0.15) is 0 Å². The van der Waals surface area contributed by atoms with Gasteiger partial charge in [0.15, 0.2) is 0 Å². The molecule has 2 amide bonds. The molecule has 1 N–H and O–H groups in total. The fraction of sp³-hybridized carbons (Fsp3) is 0.222. The largest absolute Gasteiger partial charge is 0.326 e. The van der Waals surface area contributed by atoms with Gasteiger partial charge in [0.05, 0.1) is 10.7 Å². The number of halogens is 2. The minimum absolute atomic E-state index is 0.0552. The van der Waals surface area contributed by atoms with Crippen LogP contribution in [-0.2, 0) is 9.59 Å². The minimum atomic E-state index is -0.545. The molecule has 0 atom stereocenters. The van der Waals surface area contributed by atoms with Gasteiger partial charge >= 0.3 is 0 Å². The summed E-state index contributed by atoms with van der Waals surface area (Å²) in [5.74, 6) is -0.101. The smallest absolute Gasteiger partial charge is 0.227 e. The maximum absolute atomic E-state index is 13.1. The molecule has 2 aromatic carbocycles. The molecule has 1 aliphatic rings. The predicted molar refractivity (Wildman–Crippen MR) is 98.8 cm³/mol. The van der Waals surface area contributed by atoms with Crippen molar-refractivity contribution in [3.05, 3.63) is 53.3 Å². The van der Waals surface area contributed by atoms with E-state index in [0.29, 0.717) is 12.2 Å². The topological polar surface area (TPSA) is 49.4 Å². The molecule has 1 aliphatic heterocycles. The summed E-state index contributed by atoms with van der Waals surface area (Å²) in [5, 5.41) is 2.56. The number of fused-ring (bicyclic) bond motifs is 1. The fourth-order valence-corrected chi connectivity index (χ4v) is 3.76. The standard InChI is InChI=1S/C18H16ClFN2O2S/c19-13-11-12(5-6-14(13)20)21-17(23)7-8-18(24)22-9-10-25-16-4-2-1-3-15(16)22/h1-6,11H,7-10H2,(H,21,23). The second-order valence-electron chi connectivity index (χ2n) is 5.54. The lowest BCUT2D eigenvalue weighted by Crippen LogP contribution is -2.35. The Morgan fingerprint density at radius 2 is 2.00 bits per heavy atom. The highest BCUT2D eigenvalue weighted by Gasteiger charge is 2.22. The van der Waals surface area contributed by atoms with Crippen molar-refractivity contribution >= 4 is 46.6 Å². The van der Waals surface area contributed by atoms with Crippen LogP contribution >= 0.6 is 23.4 Å². The van der Waals surface area contributed by atoms with Crippen molar-refractivity contribution in [1.82, 2.24) is 0 Å². The van der Waals surface area contributed by atoms with E-state index < -0.39 is 5.82 Å². The molecule has 0 aliphatic carbocycles. The molecule has 0 unspecified atom stereocenters. The quantitative estimate of drug-likeness (QED) is 0.861. The van der Waals surface area contributed by atoms with Gasteiger partial charge in [-0.05, 0) is 30.3 Å². The van der Waals surface area contributed by atoms with Crippen molar-refractivity contribution in [3.63, 3.8) is 0 Å². The van der Waals surface area contributed by atoms with E-state index in [-0.39, 0.29) is 29.7 Å². The molecule has 0 radical (unpaired) electrons. The number of hydrogen-bond donors (Lipinski definition) is 1. The molecule has 4 nitrogen and oxygen atoms in total. The third-order valence-electron chi connectivity index (χ3n) is 3.80. The third kappa shape index (κ3) is 4.32. The van der Waals surface area contributed by atoms with Crippen LogP contribution in [0.3, 0.4) is 0 Å². The molecule has 0 aromatic heterocycles. The molecule has 1 heterocycles.